The van der Waals surface area contributed by atoms with E-state index in [4.69, 9.17) is 5.73 Å². The van der Waals surface area contributed by atoms with E-state index in [1.54, 1.807) is 16.7 Å². The first-order chi connectivity index (χ1) is 11.1. The van der Waals surface area contributed by atoms with E-state index in [-0.39, 0.29) is 18.7 Å². The van der Waals surface area contributed by atoms with Crippen LogP contribution in [0.15, 0.2) is 28.3 Å². The summed E-state index contributed by atoms with van der Waals surface area (Å²) in [5, 5.41) is 9.67. The lowest BCUT2D eigenvalue weighted by atomic mass is 10.3. The second kappa shape index (κ2) is 6.99. The number of hydrogen-bond donors (Lipinski definition) is 2. The van der Waals surface area contributed by atoms with Gasteiger partial charge in [-0.1, -0.05) is 6.07 Å². The SMILES string of the molecule is NC(=O)Cc1csc(NC(=O)Cc2csc(-c3cccs3)n2)n1. The second-order valence-corrected chi connectivity index (χ2v) is 7.30. The monoisotopic (exact) mass is 364 g/mol. The van der Waals surface area contributed by atoms with Crippen LogP contribution in [0.2, 0.25) is 0 Å². The van der Waals surface area contributed by atoms with Gasteiger partial charge in [0.05, 0.1) is 29.1 Å². The fourth-order valence-corrected chi connectivity index (χ4v) is 4.21. The third kappa shape index (κ3) is 4.21. The summed E-state index contributed by atoms with van der Waals surface area (Å²) < 4.78 is 0. The zero-order valence-corrected chi connectivity index (χ0v) is 14.3. The van der Waals surface area contributed by atoms with Crippen molar-refractivity contribution in [3.63, 3.8) is 0 Å². The van der Waals surface area contributed by atoms with Crippen molar-refractivity contribution in [1.29, 1.82) is 0 Å². The normalized spacial score (nSPS) is 10.6. The molecular weight excluding hydrogens is 352 g/mol. The van der Waals surface area contributed by atoms with Crippen molar-refractivity contribution in [2.75, 3.05) is 5.32 Å². The Labute approximate surface area is 144 Å². The molecule has 9 heteroatoms. The Morgan fingerprint density at radius 1 is 1.09 bits per heavy atom. The molecule has 0 radical (unpaired) electrons. The fraction of sp³-hybridized carbons (Fsp3) is 0.143. The molecule has 0 saturated heterocycles. The lowest BCUT2D eigenvalue weighted by Crippen LogP contribution is -2.15. The van der Waals surface area contributed by atoms with E-state index in [9.17, 15) is 9.59 Å². The molecule has 3 N–H and O–H groups in total. The molecule has 3 aromatic heterocycles. The molecule has 2 amide bonds. The molecule has 23 heavy (non-hydrogen) atoms. The van der Waals surface area contributed by atoms with Crippen LogP contribution in [0.25, 0.3) is 9.88 Å². The van der Waals surface area contributed by atoms with Gasteiger partial charge in [-0.3, -0.25) is 9.59 Å². The average Bonchev–Trinajstić information content (AvgIpc) is 3.19. The predicted octanol–water partition coefficient (Wildman–Crippen LogP) is 2.54. The van der Waals surface area contributed by atoms with Crippen molar-refractivity contribution in [1.82, 2.24) is 9.97 Å². The van der Waals surface area contributed by atoms with Crippen molar-refractivity contribution in [3.8, 4) is 9.88 Å². The third-order valence-electron chi connectivity index (χ3n) is 2.78. The first-order valence-electron chi connectivity index (χ1n) is 6.61. The number of carbonyl (C=O) groups excluding carboxylic acids is 2. The highest BCUT2D eigenvalue weighted by molar-refractivity contribution is 7.20. The van der Waals surface area contributed by atoms with Gasteiger partial charge in [-0.05, 0) is 11.4 Å². The highest BCUT2D eigenvalue weighted by atomic mass is 32.1. The van der Waals surface area contributed by atoms with Crippen LogP contribution in [0, 0.1) is 0 Å². The van der Waals surface area contributed by atoms with E-state index in [0.717, 1.165) is 15.6 Å². The molecular formula is C14H12N4O2S3. The zero-order valence-electron chi connectivity index (χ0n) is 11.8. The quantitative estimate of drug-likeness (QED) is 0.702. The van der Waals surface area contributed by atoms with E-state index in [0.29, 0.717) is 10.8 Å². The number of thiophene rings is 1. The molecule has 0 aromatic carbocycles. The van der Waals surface area contributed by atoms with E-state index in [1.807, 2.05) is 22.9 Å². The molecule has 0 bridgehead atoms. The van der Waals surface area contributed by atoms with Gasteiger partial charge in [0.15, 0.2) is 5.13 Å². The number of nitrogens with one attached hydrogen (secondary N) is 1. The number of thiazole rings is 2. The Morgan fingerprint density at radius 3 is 2.61 bits per heavy atom. The molecule has 0 spiro atoms. The summed E-state index contributed by atoms with van der Waals surface area (Å²) in [6.45, 7) is 0. The Balaban J connectivity index is 1.59. The van der Waals surface area contributed by atoms with E-state index < -0.39 is 5.91 Å². The summed E-state index contributed by atoms with van der Waals surface area (Å²) in [5.41, 5.74) is 6.40. The van der Waals surface area contributed by atoms with Gasteiger partial charge < -0.3 is 11.1 Å². The molecule has 6 nitrogen and oxygen atoms in total. The van der Waals surface area contributed by atoms with Gasteiger partial charge in [0.25, 0.3) is 0 Å². The molecule has 3 heterocycles. The van der Waals surface area contributed by atoms with Crippen molar-refractivity contribution in [2.45, 2.75) is 12.8 Å². The maximum absolute atomic E-state index is 12.0. The molecule has 118 valence electrons. The summed E-state index contributed by atoms with van der Waals surface area (Å²) in [5.74, 6) is -0.634. The van der Waals surface area contributed by atoms with Crippen LogP contribution in [0.5, 0.6) is 0 Å². The first-order valence-corrected chi connectivity index (χ1v) is 9.25. The average molecular weight is 364 g/mol. The molecule has 3 rings (SSSR count). The molecule has 0 saturated carbocycles. The van der Waals surface area contributed by atoms with Crippen molar-refractivity contribution >= 4 is 51.0 Å². The number of carbonyl (C=O) groups is 2. The fourth-order valence-electron chi connectivity index (χ4n) is 1.85. The van der Waals surface area contributed by atoms with Gasteiger partial charge in [-0.2, -0.15) is 0 Å². The third-order valence-corrected chi connectivity index (χ3v) is 5.52. The number of aromatic nitrogens is 2. The number of anilines is 1. The predicted molar refractivity (Wildman–Crippen MR) is 92.8 cm³/mol. The van der Waals surface area contributed by atoms with Crippen LogP contribution < -0.4 is 11.1 Å². The number of nitrogens with two attached hydrogens (primary N) is 1. The van der Waals surface area contributed by atoms with E-state index in [2.05, 4.69) is 15.3 Å². The van der Waals surface area contributed by atoms with Crippen molar-refractivity contribution in [3.05, 3.63) is 39.7 Å². The largest absolute Gasteiger partial charge is 0.369 e. The molecule has 0 atom stereocenters. The van der Waals surface area contributed by atoms with Gasteiger partial charge in [0.2, 0.25) is 11.8 Å². The van der Waals surface area contributed by atoms with Gasteiger partial charge in [-0.25, -0.2) is 9.97 Å². The number of primary amides is 1. The van der Waals surface area contributed by atoms with Crippen LogP contribution in [0.1, 0.15) is 11.4 Å². The maximum atomic E-state index is 12.0. The Kier molecular flexibility index (Phi) is 4.79. The minimum atomic E-state index is -0.447. The van der Waals surface area contributed by atoms with Crippen LogP contribution in [-0.2, 0) is 22.4 Å². The van der Waals surface area contributed by atoms with Gasteiger partial charge in [0, 0.05) is 10.8 Å². The maximum Gasteiger partial charge on any atom is 0.232 e. The minimum Gasteiger partial charge on any atom is -0.369 e. The first kappa shape index (κ1) is 15.8. The van der Waals surface area contributed by atoms with E-state index >= 15 is 0 Å². The van der Waals surface area contributed by atoms with E-state index in [1.165, 1.54) is 22.7 Å². The van der Waals surface area contributed by atoms with Gasteiger partial charge in [-0.15, -0.1) is 34.0 Å². The number of nitrogens with zero attached hydrogens (tertiary/aromatic N) is 2. The minimum absolute atomic E-state index is 0.0721. The van der Waals surface area contributed by atoms with Crippen LogP contribution in [0.3, 0.4) is 0 Å². The topological polar surface area (TPSA) is 98.0 Å². The summed E-state index contributed by atoms with van der Waals surface area (Å²) in [6, 6.07) is 3.98. The zero-order chi connectivity index (χ0) is 16.2. The number of rotatable bonds is 6. The summed E-state index contributed by atoms with van der Waals surface area (Å²) in [4.78, 5) is 32.6. The standard InChI is InChI=1S/C14H12N4O2S3/c15-11(19)4-8-7-23-14(17-8)18-12(20)5-9-6-22-13(16-9)10-2-1-3-21-10/h1-3,6-7H,4-5H2,(H2,15,19)(H,17,18,20). The summed E-state index contributed by atoms with van der Waals surface area (Å²) in [7, 11) is 0. The molecule has 0 fully saturated rings. The Bertz CT molecular complexity index is 823. The second-order valence-electron chi connectivity index (χ2n) is 4.63. The summed E-state index contributed by atoms with van der Waals surface area (Å²) >= 11 is 4.41. The smallest absolute Gasteiger partial charge is 0.232 e. The van der Waals surface area contributed by atoms with Crippen LogP contribution >= 0.6 is 34.0 Å². The lowest BCUT2D eigenvalue weighted by molar-refractivity contribution is -0.117. The molecule has 0 aliphatic carbocycles. The van der Waals surface area contributed by atoms with Crippen LogP contribution in [0.4, 0.5) is 5.13 Å². The van der Waals surface area contributed by atoms with Crippen molar-refractivity contribution < 1.29 is 9.59 Å². The van der Waals surface area contributed by atoms with Crippen LogP contribution in [-0.4, -0.2) is 21.8 Å². The summed E-state index contributed by atoms with van der Waals surface area (Å²) in [6.07, 6.45) is 0.259. The number of hydrogen-bond acceptors (Lipinski definition) is 7. The van der Waals surface area contributed by atoms with Crippen molar-refractivity contribution in [2.24, 2.45) is 5.73 Å². The van der Waals surface area contributed by atoms with Gasteiger partial charge >= 0.3 is 0 Å². The lowest BCUT2D eigenvalue weighted by Gasteiger charge is -1.99. The number of amides is 2. The molecule has 3 aromatic rings. The molecule has 0 unspecified atom stereocenters. The molecule has 0 aliphatic rings. The molecule has 0 aliphatic heterocycles. The highest BCUT2D eigenvalue weighted by Gasteiger charge is 2.12. The Hall–Kier alpha value is -2.10. The Morgan fingerprint density at radius 2 is 1.87 bits per heavy atom. The highest BCUT2D eigenvalue weighted by Crippen LogP contribution is 2.28. The van der Waals surface area contributed by atoms with Gasteiger partial charge in [0.1, 0.15) is 5.01 Å².